The average Bonchev–Trinajstić information content (AvgIpc) is 2.21. The van der Waals surface area contributed by atoms with Crippen LogP contribution in [-0.4, -0.2) is 17.3 Å². The molecule has 94 valence electrons. The van der Waals surface area contributed by atoms with E-state index < -0.39 is 0 Å². The topological polar surface area (TPSA) is 34.1 Å². The van der Waals surface area contributed by atoms with Crippen LogP contribution in [0.25, 0.3) is 0 Å². The summed E-state index contributed by atoms with van der Waals surface area (Å²) in [5.74, 6) is 0.652. The first-order chi connectivity index (χ1) is 7.59. The van der Waals surface area contributed by atoms with Crippen molar-refractivity contribution in [1.29, 1.82) is 0 Å². The molecule has 0 aromatic rings. The summed E-state index contributed by atoms with van der Waals surface area (Å²) in [6.45, 7) is 3.03. The summed E-state index contributed by atoms with van der Waals surface area (Å²) < 4.78 is 0. The molecule has 16 heavy (non-hydrogen) atoms. The number of carbonyl (C=O) groups excluding carboxylic acids is 2. The van der Waals surface area contributed by atoms with E-state index >= 15 is 0 Å². The minimum atomic E-state index is -0.350. The predicted molar refractivity (Wildman–Crippen MR) is 71.0 cm³/mol. The van der Waals surface area contributed by atoms with Crippen molar-refractivity contribution in [2.24, 2.45) is 5.92 Å². The Kier molecular flexibility index (Phi) is 9.69. The number of hydrogen-bond donors (Lipinski definition) is 1. The predicted octanol–water partition coefficient (Wildman–Crippen LogP) is 3.44. The van der Waals surface area contributed by atoms with Crippen LogP contribution in [0.15, 0.2) is 0 Å². The number of Topliss-reactive ketones (excluding diaryl/α,β-unsaturated/α-hetero) is 2. The van der Waals surface area contributed by atoms with Crippen LogP contribution >= 0.6 is 12.6 Å². The molecule has 0 aliphatic heterocycles. The maximum absolute atomic E-state index is 11.2. The summed E-state index contributed by atoms with van der Waals surface area (Å²) in [5, 5.41) is 0. The van der Waals surface area contributed by atoms with Gasteiger partial charge in [0.25, 0.3) is 0 Å². The van der Waals surface area contributed by atoms with Crippen molar-refractivity contribution in [3.63, 3.8) is 0 Å². The second kappa shape index (κ2) is 9.88. The lowest BCUT2D eigenvalue weighted by Crippen LogP contribution is -2.19. The molecule has 0 heterocycles. The highest BCUT2D eigenvalue weighted by Crippen LogP contribution is 2.14. The van der Waals surface area contributed by atoms with Gasteiger partial charge in [0.15, 0.2) is 0 Å². The zero-order valence-corrected chi connectivity index (χ0v) is 11.4. The van der Waals surface area contributed by atoms with Crippen molar-refractivity contribution < 1.29 is 9.59 Å². The molecule has 0 bridgehead atoms. The molecule has 0 aromatic carbocycles. The van der Waals surface area contributed by atoms with Crippen LogP contribution in [0.5, 0.6) is 0 Å². The van der Waals surface area contributed by atoms with Crippen molar-refractivity contribution in [2.75, 3.05) is 5.75 Å². The number of hydrogen-bond acceptors (Lipinski definition) is 3. The fourth-order valence-electron chi connectivity index (χ4n) is 1.86. The van der Waals surface area contributed by atoms with Gasteiger partial charge < -0.3 is 0 Å². The summed E-state index contributed by atoms with van der Waals surface area (Å²) in [6, 6.07) is 0. The zero-order chi connectivity index (χ0) is 12.4. The van der Waals surface area contributed by atoms with Gasteiger partial charge in [0.2, 0.25) is 0 Å². The van der Waals surface area contributed by atoms with Gasteiger partial charge in [0.05, 0.1) is 5.92 Å². The Morgan fingerprint density at radius 2 is 1.31 bits per heavy atom. The lowest BCUT2D eigenvalue weighted by molar-refractivity contribution is -0.130. The second-order valence-corrected chi connectivity index (χ2v) is 4.85. The molecule has 0 amide bonds. The third-order valence-electron chi connectivity index (χ3n) is 2.88. The second-order valence-electron chi connectivity index (χ2n) is 4.41. The van der Waals surface area contributed by atoms with E-state index in [1.54, 1.807) is 0 Å². The van der Waals surface area contributed by atoms with Crippen molar-refractivity contribution in [3.05, 3.63) is 0 Å². The van der Waals surface area contributed by atoms with E-state index in [1.807, 2.05) is 0 Å². The van der Waals surface area contributed by atoms with Crippen molar-refractivity contribution in [2.45, 2.75) is 58.8 Å². The average molecular weight is 244 g/mol. The van der Waals surface area contributed by atoms with Crippen LogP contribution in [0.2, 0.25) is 0 Å². The van der Waals surface area contributed by atoms with Gasteiger partial charge in [-0.25, -0.2) is 0 Å². The molecule has 0 N–H and O–H groups in total. The molecule has 0 radical (unpaired) electrons. The normalized spacial score (nSPS) is 10.8. The molecule has 0 fully saturated rings. The maximum Gasteiger partial charge on any atom is 0.140 e. The fraction of sp³-hybridized carbons (Fsp3) is 0.846. The Labute approximate surface area is 105 Å². The molecule has 0 saturated heterocycles. The van der Waals surface area contributed by atoms with Crippen molar-refractivity contribution >= 4 is 24.2 Å². The molecular weight excluding hydrogens is 220 g/mol. The van der Waals surface area contributed by atoms with Gasteiger partial charge in [0.1, 0.15) is 11.6 Å². The summed E-state index contributed by atoms with van der Waals surface area (Å²) in [7, 11) is 0. The first-order valence-electron chi connectivity index (χ1n) is 6.21. The minimum Gasteiger partial charge on any atom is -0.299 e. The van der Waals surface area contributed by atoms with E-state index in [9.17, 15) is 9.59 Å². The monoisotopic (exact) mass is 244 g/mol. The highest BCUT2D eigenvalue weighted by Gasteiger charge is 2.18. The van der Waals surface area contributed by atoms with E-state index in [2.05, 4.69) is 12.6 Å². The molecular formula is C13H24O2S. The Hall–Kier alpha value is -0.310. The summed E-state index contributed by atoms with van der Waals surface area (Å²) in [4.78, 5) is 22.3. The number of ketones is 2. The zero-order valence-electron chi connectivity index (χ0n) is 10.5. The van der Waals surface area contributed by atoms with E-state index in [0.717, 1.165) is 25.0 Å². The van der Waals surface area contributed by atoms with Crippen molar-refractivity contribution in [3.8, 4) is 0 Å². The van der Waals surface area contributed by atoms with Crippen LogP contribution in [0.1, 0.15) is 58.8 Å². The van der Waals surface area contributed by atoms with Crippen LogP contribution < -0.4 is 0 Å². The summed E-state index contributed by atoms with van der Waals surface area (Å²) >= 11 is 4.16. The Bertz CT molecular complexity index is 200. The van der Waals surface area contributed by atoms with Gasteiger partial charge in [0, 0.05) is 0 Å². The lowest BCUT2D eigenvalue weighted by atomic mass is 9.94. The van der Waals surface area contributed by atoms with Crippen LogP contribution in [0.3, 0.4) is 0 Å². The van der Waals surface area contributed by atoms with Gasteiger partial charge in [-0.15, -0.1) is 0 Å². The first kappa shape index (κ1) is 15.7. The van der Waals surface area contributed by atoms with Gasteiger partial charge in [-0.1, -0.05) is 32.1 Å². The molecule has 0 aliphatic carbocycles. The van der Waals surface area contributed by atoms with Crippen LogP contribution in [0, 0.1) is 5.92 Å². The highest BCUT2D eigenvalue weighted by molar-refractivity contribution is 7.80. The number of unbranched alkanes of at least 4 members (excludes halogenated alkanes) is 5. The van der Waals surface area contributed by atoms with E-state index in [-0.39, 0.29) is 17.5 Å². The molecule has 0 rings (SSSR count). The number of carbonyl (C=O) groups is 2. The molecule has 0 aliphatic rings. The van der Waals surface area contributed by atoms with Gasteiger partial charge in [-0.05, 0) is 32.4 Å². The molecule has 2 nitrogen and oxygen atoms in total. The quantitative estimate of drug-likeness (QED) is 0.363. The lowest BCUT2D eigenvalue weighted by Gasteiger charge is -2.09. The number of rotatable bonds is 10. The van der Waals surface area contributed by atoms with Gasteiger partial charge in [-0.2, -0.15) is 12.6 Å². The van der Waals surface area contributed by atoms with E-state index in [1.165, 1.54) is 39.5 Å². The molecule has 0 aromatic heterocycles. The SMILES string of the molecule is CC(=O)C(CCCCCCCCS)C(C)=O. The standard InChI is InChI=1S/C13H24O2S/c1-11(14)13(12(2)15)9-7-5-3-4-6-8-10-16/h13,16H,3-10H2,1-2H3. The fourth-order valence-corrected chi connectivity index (χ4v) is 2.08. The van der Waals surface area contributed by atoms with Crippen LogP contribution in [0.4, 0.5) is 0 Å². The third-order valence-corrected chi connectivity index (χ3v) is 3.20. The molecule has 3 heteroatoms. The highest BCUT2D eigenvalue weighted by atomic mass is 32.1. The Balaban J connectivity index is 3.48. The van der Waals surface area contributed by atoms with Gasteiger partial charge in [-0.3, -0.25) is 9.59 Å². The van der Waals surface area contributed by atoms with E-state index in [4.69, 9.17) is 0 Å². The number of thiol groups is 1. The molecule has 0 unspecified atom stereocenters. The Morgan fingerprint density at radius 3 is 1.75 bits per heavy atom. The summed E-state index contributed by atoms with van der Waals surface area (Å²) in [5.41, 5.74) is 0. The summed E-state index contributed by atoms with van der Waals surface area (Å²) in [6.07, 6.45) is 7.73. The Morgan fingerprint density at radius 1 is 0.875 bits per heavy atom. The smallest absolute Gasteiger partial charge is 0.140 e. The van der Waals surface area contributed by atoms with E-state index in [0.29, 0.717) is 0 Å². The van der Waals surface area contributed by atoms with Crippen molar-refractivity contribution in [1.82, 2.24) is 0 Å². The largest absolute Gasteiger partial charge is 0.299 e. The maximum atomic E-state index is 11.2. The third kappa shape index (κ3) is 7.91. The van der Waals surface area contributed by atoms with Crippen LogP contribution in [-0.2, 0) is 9.59 Å². The first-order valence-corrected chi connectivity index (χ1v) is 6.84. The molecule has 0 spiro atoms. The molecule has 0 saturated carbocycles. The van der Waals surface area contributed by atoms with Gasteiger partial charge >= 0.3 is 0 Å². The molecule has 0 atom stereocenters. The minimum absolute atomic E-state index is 0.0163.